The highest BCUT2D eigenvalue weighted by Crippen LogP contribution is 1.98. The Labute approximate surface area is 65.8 Å². The topological polar surface area (TPSA) is 26.3 Å². The molecule has 0 spiro atoms. The zero-order valence-electron chi connectivity index (χ0n) is 5.97. The molecule has 3 heteroatoms. The largest absolute Gasteiger partial charge is 0.469 e. The predicted octanol–water partition coefficient (Wildman–Crippen LogP) is 2.08. The summed E-state index contributed by atoms with van der Waals surface area (Å²) >= 11 is 5.25. The van der Waals surface area contributed by atoms with Gasteiger partial charge in [-0.1, -0.05) is 17.7 Å². The first kappa shape index (κ1) is 9.50. The van der Waals surface area contributed by atoms with Gasteiger partial charge in [-0.25, -0.2) is 0 Å². The Kier molecular flexibility index (Phi) is 6.29. The highest BCUT2D eigenvalue weighted by Gasteiger charge is 1.96. The molecule has 0 saturated carbocycles. The van der Waals surface area contributed by atoms with Crippen LogP contribution in [0.3, 0.4) is 0 Å². The average Bonchev–Trinajstić information content (AvgIpc) is 1.98. The summed E-state index contributed by atoms with van der Waals surface area (Å²) < 4.78 is 4.43. The summed E-state index contributed by atoms with van der Waals surface area (Å²) in [4.78, 5) is 10.5. The van der Waals surface area contributed by atoms with E-state index in [1.807, 2.05) is 6.08 Å². The van der Waals surface area contributed by atoms with Crippen LogP contribution in [0.1, 0.15) is 19.3 Å². The maximum Gasteiger partial charge on any atom is 0.305 e. The van der Waals surface area contributed by atoms with Gasteiger partial charge in [0.25, 0.3) is 0 Å². The quantitative estimate of drug-likeness (QED) is 0.468. The van der Waals surface area contributed by atoms with Crippen molar-refractivity contribution in [3.05, 3.63) is 11.6 Å². The molecule has 0 radical (unpaired) electrons. The molecular formula is C7H11ClO2. The molecule has 10 heavy (non-hydrogen) atoms. The predicted molar refractivity (Wildman–Crippen MR) is 40.9 cm³/mol. The van der Waals surface area contributed by atoms with E-state index in [9.17, 15) is 4.79 Å². The number of carbonyl (C=O) groups excluding carboxylic acids is 1. The number of unbranched alkanes of at least 4 members (excludes halogenated alkanes) is 1. The van der Waals surface area contributed by atoms with Crippen molar-refractivity contribution < 1.29 is 9.53 Å². The molecule has 0 aliphatic carbocycles. The molecule has 0 aliphatic rings. The number of esters is 1. The lowest BCUT2D eigenvalue weighted by atomic mass is 10.2. The second-order valence-electron chi connectivity index (χ2n) is 1.83. The lowest BCUT2D eigenvalue weighted by Crippen LogP contribution is -1.98. The minimum atomic E-state index is -0.164. The van der Waals surface area contributed by atoms with E-state index in [0.717, 1.165) is 12.8 Å². The van der Waals surface area contributed by atoms with Gasteiger partial charge in [0.1, 0.15) is 0 Å². The van der Waals surface area contributed by atoms with E-state index in [1.54, 1.807) is 0 Å². The third kappa shape index (κ3) is 5.63. The van der Waals surface area contributed by atoms with E-state index >= 15 is 0 Å². The Morgan fingerprint density at radius 1 is 1.70 bits per heavy atom. The van der Waals surface area contributed by atoms with Crippen molar-refractivity contribution in [3.8, 4) is 0 Å². The maximum atomic E-state index is 10.5. The third-order valence-corrected chi connectivity index (χ3v) is 1.25. The van der Waals surface area contributed by atoms with Crippen molar-refractivity contribution in [2.24, 2.45) is 0 Å². The van der Waals surface area contributed by atoms with E-state index in [4.69, 9.17) is 11.6 Å². The van der Waals surface area contributed by atoms with Gasteiger partial charge in [-0.3, -0.25) is 4.79 Å². The number of hydrogen-bond donors (Lipinski definition) is 0. The fourth-order valence-corrected chi connectivity index (χ4v) is 0.655. The summed E-state index contributed by atoms with van der Waals surface area (Å²) in [7, 11) is 1.39. The smallest absolute Gasteiger partial charge is 0.305 e. The zero-order chi connectivity index (χ0) is 7.82. The van der Waals surface area contributed by atoms with Crippen LogP contribution in [0.5, 0.6) is 0 Å². The molecule has 0 bridgehead atoms. The van der Waals surface area contributed by atoms with Gasteiger partial charge in [-0.15, -0.1) is 0 Å². The fraction of sp³-hybridized carbons (Fsp3) is 0.571. The van der Waals surface area contributed by atoms with Crippen LogP contribution < -0.4 is 0 Å². The maximum absolute atomic E-state index is 10.5. The summed E-state index contributed by atoms with van der Waals surface area (Å²) in [6.07, 6.45) is 3.91. The second kappa shape index (κ2) is 6.62. The zero-order valence-corrected chi connectivity index (χ0v) is 6.73. The van der Waals surface area contributed by atoms with Crippen LogP contribution in [0.2, 0.25) is 0 Å². The van der Waals surface area contributed by atoms with E-state index < -0.39 is 0 Å². The van der Waals surface area contributed by atoms with E-state index in [0.29, 0.717) is 6.42 Å². The van der Waals surface area contributed by atoms with Crippen LogP contribution in [0, 0.1) is 0 Å². The Morgan fingerprint density at radius 3 is 2.90 bits per heavy atom. The molecule has 0 aliphatic heterocycles. The molecule has 0 saturated heterocycles. The van der Waals surface area contributed by atoms with Crippen molar-refractivity contribution >= 4 is 17.6 Å². The number of carbonyl (C=O) groups is 1. The summed E-state index contributed by atoms with van der Waals surface area (Å²) in [5.41, 5.74) is 1.46. The Morgan fingerprint density at radius 2 is 2.40 bits per heavy atom. The fourth-order valence-electron chi connectivity index (χ4n) is 0.529. The van der Waals surface area contributed by atoms with Crippen molar-refractivity contribution in [1.29, 1.82) is 0 Å². The van der Waals surface area contributed by atoms with E-state index in [-0.39, 0.29) is 5.97 Å². The molecule has 2 nitrogen and oxygen atoms in total. The number of methoxy groups -OCH3 is 1. The van der Waals surface area contributed by atoms with Gasteiger partial charge in [0.15, 0.2) is 0 Å². The summed E-state index contributed by atoms with van der Waals surface area (Å²) in [5, 5.41) is 0. The van der Waals surface area contributed by atoms with Gasteiger partial charge in [0.2, 0.25) is 0 Å². The van der Waals surface area contributed by atoms with Gasteiger partial charge >= 0.3 is 5.97 Å². The van der Waals surface area contributed by atoms with Crippen LogP contribution in [-0.4, -0.2) is 13.1 Å². The molecule has 0 aromatic carbocycles. The van der Waals surface area contributed by atoms with Crippen LogP contribution in [0.4, 0.5) is 0 Å². The van der Waals surface area contributed by atoms with Gasteiger partial charge in [-0.05, 0) is 12.8 Å². The second-order valence-corrected chi connectivity index (χ2v) is 2.08. The molecule has 0 atom stereocenters. The molecule has 0 aromatic heterocycles. The third-order valence-electron chi connectivity index (χ3n) is 1.07. The average molecular weight is 163 g/mol. The number of halogens is 1. The van der Waals surface area contributed by atoms with Crippen LogP contribution in [0.15, 0.2) is 11.6 Å². The number of rotatable bonds is 4. The van der Waals surface area contributed by atoms with Crippen LogP contribution in [-0.2, 0) is 9.53 Å². The molecule has 0 amide bonds. The minimum absolute atomic E-state index is 0.164. The van der Waals surface area contributed by atoms with Crippen molar-refractivity contribution in [1.82, 2.24) is 0 Å². The van der Waals surface area contributed by atoms with Gasteiger partial charge in [0.05, 0.1) is 7.11 Å². The first-order chi connectivity index (χ1) is 4.81. The molecule has 0 aromatic rings. The highest BCUT2D eigenvalue weighted by molar-refractivity contribution is 6.25. The van der Waals surface area contributed by atoms with Crippen LogP contribution >= 0.6 is 11.6 Å². The number of hydrogen-bond acceptors (Lipinski definition) is 2. The van der Waals surface area contributed by atoms with Gasteiger partial charge in [-0.2, -0.15) is 0 Å². The monoisotopic (exact) mass is 162 g/mol. The minimum Gasteiger partial charge on any atom is -0.469 e. The molecule has 0 fully saturated rings. The number of ether oxygens (including phenoxy) is 1. The van der Waals surface area contributed by atoms with E-state index in [2.05, 4.69) is 4.74 Å². The first-order valence-corrected chi connectivity index (χ1v) is 3.57. The van der Waals surface area contributed by atoms with Gasteiger partial charge < -0.3 is 4.74 Å². The van der Waals surface area contributed by atoms with Crippen molar-refractivity contribution in [3.63, 3.8) is 0 Å². The SMILES string of the molecule is COC(=O)CCC/C=C\Cl. The standard InChI is InChI=1S/C7H11ClO2/c1-10-7(9)5-3-2-4-6-8/h4,6H,2-3,5H2,1H3/b6-4-. The van der Waals surface area contributed by atoms with Crippen molar-refractivity contribution in [2.75, 3.05) is 7.11 Å². The molecule has 0 rings (SSSR count). The number of allylic oxidation sites excluding steroid dienone is 1. The lowest BCUT2D eigenvalue weighted by molar-refractivity contribution is -0.140. The normalized spacial score (nSPS) is 10.2. The lowest BCUT2D eigenvalue weighted by Gasteiger charge is -1.94. The molecule has 0 heterocycles. The summed E-state index contributed by atoms with van der Waals surface area (Å²) in [5.74, 6) is -0.164. The summed E-state index contributed by atoms with van der Waals surface area (Å²) in [6.45, 7) is 0. The Balaban J connectivity index is 3.11. The molecule has 58 valence electrons. The summed E-state index contributed by atoms with van der Waals surface area (Å²) in [6, 6.07) is 0. The Hall–Kier alpha value is -0.500. The van der Waals surface area contributed by atoms with E-state index in [1.165, 1.54) is 12.6 Å². The first-order valence-electron chi connectivity index (χ1n) is 3.13. The van der Waals surface area contributed by atoms with Gasteiger partial charge in [0, 0.05) is 12.0 Å². The highest BCUT2D eigenvalue weighted by atomic mass is 35.5. The van der Waals surface area contributed by atoms with Crippen LogP contribution in [0.25, 0.3) is 0 Å². The Bertz CT molecular complexity index is 121. The molecular weight excluding hydrogens is 152 g/mol. The molecule has 0 unspecified atom stereocenters. The molecule has 0 N–H and O–H groups in total. The van der Waals surface area contributed by atoms with Crippen molar-refractivity contribution in [2.45, 2.75) is 19.3 Å².